The zero-order valence-electron chi connectivity index (χ0n) is 10.6. The summed E-state index contributed by atoms with van der Waals surface area (Å²) in [5.74, 6) is -4.11. The van der Waals surface area contributed by atoms with E-state index < -0.39 is 19.0 Å². The lowest BCUT2D eigenvalue weighted by Gasteiger charge is -2.14. The summed E-state index contributed by atoms with van der Waals surface area (Å²) in [7, 11) is 0. The van der Waals surface area contributed by atoms with Gasteiger partial charge in [-0.3, -0.25) is 0 Å². The molecule has 0 atom stereocenters. The van der Waals surface area contributed by atoms with Gasteiger partial charge in [0.05, 0.1) is 12.3 Å². The van der Waals surface area contributed by atoms with Crippen LogP contribution in [0.5, 0.6) is 0 Å². The predicted molar refractivity (Wildman–Crippen MR) is 64.7 cm³/mol. The van der Waals surface area contributed by atoms with Crippen molar-refractivity contribution >= 4 is 11.3 Å². The molecule has 19 heavy (non-hydrogen) atoms. The molecule has 0 aliphatic rings. The van der Waals surface area contributed by atoms with E-state index in [0.29, 0.717) is 17.6 Å². The normalized spacial score (nSPS) is 12.6. The van der Waals surface area contributed by atoms with Gasteiger partial charge in [0.2, 0.25) is 0 Å². The Bertz CT molecular complexity index is 385. The molecule has 0 unspecified atom stereocenters. The van der Waals surface area contributed by atoms with Crippen molar-refractivity contribution in [3.8, 4) is 0 Å². The summed E-state index contributed by atoms with van der Waals surface area (Å²) in [5, 5.41) is 5.42. The van der Waals surface area contributed by atoms with Gasteiger partial charge in [-0.05, 0) is 0 Å². The van der Waals surface area contributed by atoms with Crippen molar-refractivity contribution in [2.45, 2.75) is 45.4 Å². The first-order valence-electron chi connectivity index (χ1n) is 5.71. The van der Waals surface area contributed by atoms with Gasteiger partial charge < -0.3 is 10.1 Å². The molecule has 0 saturated carbocycles. The van der Waals surface area contributed by atoms with Gasteiger partial charge in [-0.25, -0.2) is 13.8 Å². The van der Waals surface area contributed by atoms with E-state index in [4.69, 9.17) is 0 Å². The van der Waals surface area contributed by atoms with Crippen LogP contribution in [-0.4, -0.2) is 30.0 Å². The third-order valence-electron chi connectivity index (χ3n) is 2.13. The molecule has 1 rings (SSSR count). The molecule has 0 radical (unpaired) electrons. The van der Waals surface area contributed by atoms with E-state index >= 15 is 0 Å². The molecule has 0 spiro atoms. The third-order valence-corrected chi connectivity index (χ3v) is 3.00. The van der Waals surface area contributed by atoms with Crippen LogP contribution < -0.4 is 5.32 Å². The van der Waals surface area contributed by atoms with Gasteiger partial charge in [-0.1, -0.05) is 13.8 Å². The molecule has 0 fully saturated rings. The average Bonchev–Trinajstić information content (AvgIpc) is 2.74. The molecule has 1 aromatic rings. The minimum absolute atomic E-state index is 0.186. The fourth-order valence-electron chi connectivity index (χ4n) is 1.14. The van der Waals surface area contributed by atoms with E-state index in [1.54, 1.807) is 5.38 Å². The Labute approximate surface area is 113 Å². The van der Waals surface area contributed by atoms with Crippen molar-refractivity contribution < 1.29 is 22.3 Å². The van der Waals surface area contributed by atoms with Gasteiger partial charge in [0, 0.05) is 18.0 Å². The number of rotatable bonds is 8. The lowest BCUT2D eigenvalue weighted by atomic mass is 10.4. The lowest BCUT2D eigenvalue weighted by molar-refractivity contribution is -0.168. The number of hydrogen-bond acceptors (Lipinski definition) is 4. The molecule has 0 aliphatic carbocycles. The van der Waals surface area contributed by atoms with Crippen molar-refractivity contribution in [1.29, 1.82) is 0 Å². The van der Waals surface area contributed by atoms with Crippen molar-refractivity contribution in [3.63, 3.8) is 0 Å². The number of nitrogens with one attached hydrogen (secondary N) is 1. The smallest absolute Gasteiger partial charge is 0.330 e. The Hall–Kier alpha value is -0.730. The summed E-state index contributed by atoms with van der Waals surface area (Å²) < 4.78 is 53.4. The number of ether oxygens (including phenoxy) is 1. The molecule has 0 aromatic carbocycles. The minimum atomic E-state index is -4.11. The molecule has 8 heteroatoms. The quantitative estimate of drug-likeness (QED) is 0.749. The number of nitrogens with zero attached hydrogens (tertiary/aromatic N) is 1. The number of hydrogen-bond donors (Lipinski definition) is 1. The van der Waals surface area contributed by atoms with E-state index in [-0.39, 0.29) is 6.61 Å². The number of halogens is 4. The van der Waals surface area contributed by atoms with Crippen LogP contribution in [0.2, 0.25) is 0 Å². The van der Waals surface area contributed by atoms with Crippen LogP contribution in [0, 0.1) is 0 Å². The number of thiazole rings is 1. The van der Waals surface area contributed by atoms with Gasteiger partial charge in [-0.2, -0.15) is 8.78 Å². The molecule has 1 N–H and O–H groups in total. The first-order chi connectivity index (χ1) is 8.81. The van der Waals surface area contributed by atoms with Crippen molar-refractivity contribution in [1.82, 2.24) is 10.3 Å². The van der Waals surface area contributed by atoms with Crippen LogP contribution in [-0.2, 0) is 17.9 Å². The number of aromatic nitrogens is 1. The summed E-state index contributed by atoms with van der Waals surface area (Å²) in [6.45, 7) is 3.06. The summed E-state index contributed by atoms with van der Waals surface area (Å²) in [6.07, 6.45) is -3.71. The van der Waals surface area contributed by atoms with E-state index in [2.05, 4.69) is 15.0 Å². The third kappa shape index (κ3) is 5.84. The summed E-state index contributed by atoms with van der Waals surface area (Å²) in [4.78, 5) is 4.15. The fraction of sp³-hybridized carbons (Fsp3) is 0.727. The molecular formula is C11H16F4N2OS. The van der Waals surface area contributed by atoms with Gasteiger partial charge in [0.15, 0.2) is 0 Å². The molecule has 1 aromatic heterocycles. The minimum Gasteiger partial charge on any atom is -0.368 e. The second kappa shape index (κ2) is 7.16. The summed E-state index contributed by atoms with van der Waals surface area (Å²) in [5.41, 5.74) is 0.776. The Morgan fingerprint density at radius 2 is 2.11 bits per heavy atom. The lowest BCUT2D eigenvalue weighted by Crippen LogP contribution is -2.32. The van der Waals surface area contributed by atoms with Crippen LogP contribution in [0.25, 0.3) is 0 Å². The van der Waals surface area contributed by atoms with E-state index in [1.165, 1.54) is 11.3 Å². The summed E-state index contributed by atoms with van der Waals surface area (Å²) >= 11 is 1.25. The van der Waals surface area contributed by atoms with E-state index in [1.807, 2.05) is 13.8 Å². The van der Waals surface area contributed by atoms with Crippen molar-refractivity contribution in [3.05, 3.63) is 16.1 Å². The van der Waals surface area contributed by atoms with Gasteiger partial charge in [0.25, 0.3) is 0 Å². The van der Waals surface area contributed by atoms with Gasteiger partial charge >= 0.3 is 12.3 Å². The topological polar surface area (TPSA) is 34.1 Å². The Morgan fingerprint density at radius 1 is 1.42 bits per heavy atom. The monoisotopic (exact) mass is 300 g/mol. The molecular weight excluding hydrogens is 284 g/mol. The molecule has 3 nitrogen and oxygen atoms in total. The first-order valence-corrected chi connectivity index (χ1v) is 6.59. The molecule has 110 valence electrons. The Kier molecular flexibility index (Phi) is 6.15. The maximum Gasteiger partial charge on any atom is 0.330 e. The molecule has 0 aliphatic heterocycles. The zero-order valence-corrected chi connectivity index (χ0v) is 11.4. The van der Waals surface area contributed by atoms with Crippen molar-refractivity contribution in [2.75, 3.05) is 6.61 Å². The maximum absolute atomic E-state index is 12.6. The Balaban J connectivity index is 2.34. The van der Waals surface area contributed by atoms with Crippen LogP contribution >= 0.6 is 11.3 Å². The summed E-state index contributed by atoms with van der Waals surface area (Å²) in [6, 6.07) is 0.311. The maximum atomic E-state index is 12.6. The Morgan fingerprint density at radius 3 is 2.68 bits per heavy atom. The highest BCUT2D eigenvalue weighted by Crippen LogP contribution is 2.23. The first kappa shape index (κ1) is 16.3. The van der Waals surface area contributed by atoms with Crippen LogP contribution in [0.1, 0.15) is 24.5 Å². The second-order valence-corrected chi connectivity index (χ2v) is 5.27. The van der Waals surface area contributed by atoms with Crippen LogP contribution in [0.15, 0.2) is 5.38 Å². The zero-order chi connectivity index (χ0) is 14.5. The molecule has 0 saturated heterocycles. The van der Waals surface area contributed by atoms with Gasteiger partial charge in [-0.15, -0.1) is 11.3 Å². The standard InChI is InChI=1S/C11H16F4N2OS/c1-7(2)16-3-8-5-19-9(17-8)4-18-6-11(14,15)10(12)13/h5,7,10,16H,3-4,6H2,1-2H3. The molecule has 0 bridgehead atoms. The molecule has 1 heterocycles. The highest BCUT2D eigenvalue weighted by molar-refractivity contribution is 7.09. The van der Waals surface area contributed by atoms with E-state index in [0.717, 1.165) is 5.69 Å². The SMILES string of the molecule is CC(C)NCc1csc(COCC(F)(F)C(F)F)n1. The largest absolute Gasteiger partial charge is 0.368 e. The highest BCUT2D eigenvalue weighted by atomic mass is 32.1. The van der Waals surface area contributed by atoms with Crippen LogP contribution in [0.3, 0.4) is 0 Å². The van der Waals surface area contributed by atoms with Crippen molar-refractivity contribution in [2.24, 2.45) is 0 Å². The second-order valence-electron chi connectivity index (χ2n) is 4.32. The van der Waals surface area contributed by atoms with Crippen LogP contribution in [0.4, 0.5) is 17.6 Å². The average molecular weight is 300 g/mol. The fourth-order valence-corrected chi connectivity index (χ4v) is 1.87. The van der Waals surface area contributed by atoms with Gasteiger partial charge in [0.1, 0.15) is 11.6 Å². The van der Waals surface area contributed by atoms with E-state index in [9.17, 15) is 17.6 Å². The number of alkyl halides is 4. The predicted octanol–water partition coefficient (Wildman–Crippen LogP) is 3.06. The highest BCUT2D eigenvalue weighted by Gasteiger charge is 2.40. The molecule has 0 amide bonds.